The molecule has 0 heterocycles. The minimum atomic E-state index is -3.93. The summed E-state index contributed by atoms with van der Waals surface area (Å²) < 4.78 is 32.7. The second kappa shape index (κ2) is 10.8. The quantitative estimate of drug-likeness (QED) is 0.371. The molecule has 0 aliphatic carbocycles. The first kappa shape index (κ1) is 24.0. The van der Waals surface area contributed by atoms with Crippen LogP contribution in [0.1, 0.15) is 16.7 Å². The van der Waals surface area contributed by atoms with Crippen molar-refractivity contribution in [1.29, 1.82) is 0 Å². The van der Waals surface area contributed by atoms with Gasteiger partial charge in [0.25, 0.3) is 5.91 Å². The number of hydrogen-bond acceptors (Lipinski definition) is 6. The molecule has 0 aliphatic heterocycles. The lowest BCUT2D eigenvalue weighted by Crippen LogP contribution is -2.39. The number of carbonyl (C=O) groups is 1. The summed E-state index contributed by atoms with van der Waals surface area (Å²) in [6.07, 6.45) is 1.37. The van der Waals surface area contributed by atoms with E-state index in [1.54, 1.807) is 36.4 Å². The number of nitrogens with zero attached hydrogens (tertiary/aromatic N) is 2. The smallest absolute Gasteiger partial charge is 0.255 e. The number of rotatable bonds is 9. The molecule has 172 valence electrons. The Balaban J connectivity index is 1.76. The van der Waals surface area contributed by atoms with Crippen LogP contribution in [0.3, 0.4) is 0 Å². The topological polar surface area (TPSA) is 108 Å². The van der Waals surface area contributed by atoms with E-state index in [9.17, 15) is 18.3 Å². The van der Waals surface area contributed by atoms with Gasteiger partial charge in [0, 0.05) is 6.54 Å². The fourth-order valence-corrected chi connectivity index (χ4v) is 4.41. The molecule has 9 heteroatoms. The summed E-state index contributed by atoms with van der Waals surface area (Å²) in [6.45, 7) is 1.48. The van der Waals surface area contributed by atoms with Crippen molar-refractivity contribution in [1.82, 2.24) is 9.73 Å². The van der Waals surface area contributed by atoms with E-state index in [2.05, 4.69) is 10.5 Å². The Kier molecular flexibility index (Phi) is 7.81. The summed E-state index contributed by atoms with van der Waals surface area (Å²) in [5.74, 6) is -0.344. The Morgan fingerprint density at radius 1 is 1.09 bits per heavy atom. The summed E-state index contributed by atoms with van der Waals surface area (Å²) in [4.78, 5) is 12.7. The first-order valence-corrected chi connectivity index (χ1v) is 11.5. The van der Waals surface area contributed by atoms with Crippen molar-refractivity contribution in [3.63, 3.8) is 0 Å². The van der Waals surface area contributed by atoms with E-state index >= 15 is 0 Å². The van der Waals surface area contributed by atoms with E-state index < -0.39 is 22.5 Å². The third-order valence-corrected chi connectivity index (χ3v) is 6.59. The molecular weight excluding hydrogens is 442 g/mol. The highest BCUT2D eigenvalue weighted by Crippen LogP contribution is 2.25. The molecule has 0 radical (unpaired) electrons. The number of hydrazone groups is 1. The van der Waals surface area contributed by atoms with Crippen LogP contribution in [0.4, 0.5) is 0 Å². The molecule has 0 aliphatic rings. The molecular formula is C24H25N3O5S. The highest BCUT2D eigenvalue weighted by atomic mass is 32.2. The zero-order valence-corrected chi connectivity index (χ0v) is 19.1. The van der Waals surface area contributed by atoms with Crippen LogP contribution in [0.2, 0.25) is 0 Å². The van der Waals surface area contributed by atoms with E-state index in [1.165, 1.54) is 31.5 Å². The van der Waals surface area contributed by atoms with Crippen molar-refractivity contribution in [3.05, 3.63) is 89.5 Å². The predicted molar refractivity (Wildman–Crippen MR) is 126 cm³/mol. The van der Waals surface area contributed by atoms with Gasteiger partial charge in [-0.1, -0.05) is 48.0 Å². The van der Waals surface area contributed by atoms with E-state index in [1.807, 2.05) is 25.1 Å². The summed E-state index contributed by atoms with van der Waals surface area (Å²) in [7, 11) is -2.50. The Bertz CT molecular complexity index is 1230. The lowest BCUT2D eigenvalue weighted by atomic mass is 10.2. The zero-order chi connectivity index (χ0) is 23.8. The van der Waals surface area contributed by atoms with Crippen LogP contribution in [0.25, 0.3) is 0 Å². The molecule has 33 heavy (non-hydrogen) atoms. The first-order valence-electron chi connectivity index (χ1n) is 10.1. The third-order valence-electron chi connectivity index (χ3n) is 4.79. The van der Waals surface area contributed by atoms with Gasteiger partial charge in [-0.05, 0) is 48.4 Å². The number of carbonyl (C=O) groups excluding carboxylic acids is 1. The molecule has 0 saturated carbocycles. The summed E-state index contributed by atoms with van der Waals surface area (Å²) in [6, 6.07) is 20.1. The number of benzene rings is 3. The van der Waals surface area contributed by atoms with Gasteiger partial charge in [-0.3, -0.25) is 4.79 Å². The van der Waals surface area contributed by atoms with Crippen LogP contribution in [0.15, 0.2) is 82.8 Å². The first-order chi connectivity index (χ1) is 15.8. The maximum absolute atomic E-state index is 13.3. The largest absolute Gasteiger partial charge is 0.504 e. The van der Waals surface area contributed by atoms with Crippen molar-refractivity contribution in [3.8, 4) is 11.5 Å². The van der Waals surface area contributed by atoms with E-state index in [4.69, 9.17) is 4.74 Å². The van der Waals surface area contributed by atoms with Crippen LogP contribution >= 0.6 is 0 Å². The fourth-order valence-electron chi connectivity index (χ4n) is 3.02. The zero-order valence-electron chi connectivity index (χ0n) is 18.3. The van der Waals surface area contributed by atoms with Crippen molar-refractivity contribution in [2.45, 2.75) is 18.4 Å². The number of hydrogen-bond donors (Lipinski definition) is 2. The number of amides is 1. The molecule has 0 saturated heterocycles. The molecule has 0 aromatic heterocycles. The lowest BCUT2D eigenvalue weighted by molar-refractivity contribution is -0.121. The van der Waals surface area contributed by atoms with Gasteiger partial charge in [0.05, 0.1) is 24.8 Å². The highest BCUT2D eigenvalue weighted by molar-refractivity contribution is 7.89. The molecule has 2 N–H and O–H groups in total. The number of sulfonamides is 1. The predicted octanol–water partition coefficient (Wildman–Crippen LogP) is 3.05. The number of aromatic hydroxyl groups is 1. The van der Waals surface area contributed by atoms with Gasteiger partial charge in [0.1, 0.15) is 0 Å². The van der Waals surface area contributed by atoms with Gasteiger partial charge in [-0.2, -0.15) is 9.41 Å². The number of aryl methyl sites for hydroxylation is 1. The Morgan fingerprint density at radius 2 is 1.79 bits per heavy atom. The molecule has 0 atom stereocenters. The average Bonchev–Trinajstić information content (AvgIpc) is 2.80. The van der Waals surface area contributed by atoms with E-state index in [0.717, 1.165) is 15.4 Å². The molecule has 3 aromatic carbocycles. The normalized spacial score (nSPS) is 11.6. The second-order valence-electron chi connectivity index (χ2n) is 7.30. The molecule has 3 aromatic rings. The van der Waals surface area contributed by atoms with Gasteiger partial charge < -0.3 is 9.84 Å². The van der Waals surface area contributed by atoms with Crippen LogP contribution in [0.5, 0.6) is 11.5 Å². The van der Waals surface area contributed by atoms with E-state index in [-0.39, 0.29) is 22.9 Å². The average molecular weight is 468 g/mol. The van der Waals surface area contributed by atoms with E-state index in [0.29, 0.717) is 5.56 Å². The van der Waals surface area contributed by atoms with Crippen molar-refractivity contribution < 1.29 is 23.1 Å². The minimum Gasteiger partial charge on any atom is -0.504 e. The number of phenolic OH excluding ortho intramolecular Hbond substituents is 1. The molecule has 3 rings (SSSR count). The van der Waals surface area contributed by atoms with Crippen molar-refractivity contribution in [2.75, 3.05) is 13.7 Å². The Hall–Kier alpha value is -3.69. The van der Waals surface area contributed by atoms with Crippen LogP contribution < -0.4 is 10.2 Å². The lowest BCUT2D eigenvalue weighted by Gasteiger charge is -2.21. The molecule has 8 nitrogen and oxygen atoms in total. The summed E-state index contributed by atoms with van der Waals surface area (Å²) in [5, 5.41) is 13.5. The summed E-state index contributed by atoms with van der Waals surface area (Å²) >= 11 is 0. The monoisotopic (exact) mass is 467 g/mol. The number of phenols is 1. The number of ether oxygens (including phenoxy) is 1. The Morgan fingerprint density at radius 3 is 2.45 bits per heavy atom. The number of nitrogens with one attached hydrogen (secondary N) is 1. The molecule has 0 bridgehead atoms. The maximum atomic E-state index is 13.3. The summed E-state index contributed by atoms with van der Waals surface area (Å²) in [5.41, 5.74) is 4.62. The van der Waals surface area contributed by atoms with Gasteiger partial charge in [-0.25, -0.2) is 13.8 Å². The third kappa shape index (κ3) is 6.41. The van der Waals surface area contributed by atoms with Gasteiger partial charge in [0.2, 0.25) is 10.0 Å². The van der Waals surface area contributed by atoms with Gasteiger partial charge in [-0.15, -0.1) is 0 Å². The molecule has 0 fully saturated rings. The van der Waals surface area contributed by atoms with Crippen molar-refractivity contribution >= 4 is 22.1 Å². The van der Waals surface area contributed by atoms with Crippen LogP contribution in [0, 0.1) is 6.92 Å². The standard InChI is InChI=1S/C24H25N3O5S/c1-18-8-11-21(12-9-18)33(30,31)27(16-19-6-4-3-5-7-19)17-24(29)26-25-15-20-10-13-22(28)23(14-20)32-2/h3-15,28H,16-17H2,1-2H3,(H,26,29). The minimum absolute atomic E-state index is 0.0171. The fraction of sp³-hybridized carbons (Fsp3) is 0.167. The SMILES string of the molecule is COc1cc(C=NNC(=O)CN(Cc2ccccc2)S(=O)(=O)c2ccc(C)cc2)ccc1O. The van der Waals surface area contributed by atoms with Crippen LogP contribution in [-0.2, 0) is 21.4 Å². The second-order valence-corrected chi connectivity index (χ2v) is 9.23. The Labute approximate surface area is 193 Å². The van der Waals surface area contributed by atoms with Crippen LogP contribution in [-0.4, -0.2) is 43.6 Å². The molecule has 0 spiro atoms. The molecule has 1 amide bonds. The molecule has 0 unspecified atom stereocenters. The van der Waals surface area contributed by atoms with Gasteiger partial charge >= 0.3 is 0 Å². The highest BCUT2D eigenvalue weighted by Gasteiger charge is 2.26. The maximum Gasteiger partial charge on any atom is 0.255 e. The van der Waals surface area contributed by atoms with Crippen molar-refractivity contribution in [2.24, 2.45) is 5.10 Å². The number of methoxy groups -OCH3 is 1. The van der Waals surface area contributed by atoms with Gasteiger partial charge in [0.15, 0.2) is 11.5 Å².